The van der Waals surface area contributed by atoms with E-state index in [1.54, 1.807) is 41.8 Å². The highest BCUT2D eigenvalue weighted by atomic mass is 35.5. The minimum absolute atomic E-state index is 0.0223. The number of sulfonamides is 1. The summed E-state index contributed by atoms with van der Waals surface area (Å²) in [7, 11) is -3.92. The van der Waals surface area contributed by atoms with E-state index in [1.165, 1.54) is 47.7 Å². The molecular weight excluding hydrogens is 480 g/mol. The van der Waals surface area contributed by atoms with Crippen LogP contribution in [0.2, 0.25) is 5.02 Å². The number of rotatable bonds is 6. The Balaban J connectivity index is 1.53. The predicted molar refractivity (Wildman–Crippen MR) is 129 cm³/mol. The number of nitrogens with zero attached hydrogens (tertiary/aromatic N) is 2. The number of amides is 1. The predicted octanol–water partition coefficient (Wildman–Crippen LogP) is 5.39. The normalized spacial score (nSPS) is 10.9. The molecule has 0 spiro atoms. The van der Waals surface area contributed by atoms with Crippen LogP contribution in [0.15, 0.2) is 83.1 Å². The standard InChI is InChI=1S/C23H15ClN4O3S2/c24-17-9-11-18(12-10-17)33(30,31)28-20-4-2-1-3-19(20)22(29)27-23-26-21(14-32-23)16-7-5-15(13-25)6-8-16/h1-12,14,28H,(H,26,27,29). The number of halogens is 1. The maximum atomic E-state index is 12.9. The van der Waals surface area contributed by atoms with Crippen molar-refractivity contribution >= 4 is 49.7 Å². The van der Waals surface area contributed by atoms with E-state index in [0.717, 1.165) is 5.56 Å². The van der Waals surface area contributed by atoms with Gasteiger partial charge in [-0.15, -0.1) is 11.3 Å². The van der Waals surface area contributed by atoms with E-state index in [2.05, 4.69) is 21.1 Å². The van der Waals surface area contributed by atoms with Gasteiger partial charge in [0.05, 0.1) is 33.5 Å². The van der Waals surface area contributed by atoms with Gasteiger partial charge in [0.15, 0.2) is 5.13 Å². The fourth-order valence-electron chi connectivity index (χ4n) is 2.93. The molecule has 33 heavy (non-hydrogen) atoms. The molecule has 4 aromatic rings. The molecule has 2 N–H and O–H groups in total. The zero-order valence-corrected chi connectivity index (χ0v) is 19.2. The number of nitrogens with one attached hydrogen (secondary N) is 2. The average molecular weight is 495 g/mol. The Morgan fingerprint density at radius 2 is 1.70 bits per heavy atom. The van der Waals surface area contributed by atoms with Crippen LogP contribution >= 0.6 is 22.9 Å². The Kier molecular flexibility index (Phi) is 6.42. The van der Waals surface area contributed by atoms with Crippen molar-refractivity contribution in [3.05, 3.63) is 94.3 Å². The quantitative estimate of drug-likeness (QED) is 0.373. The van der Waals surface area contributed by atoms with Crippen molar-refractivity contribution in [2.75, 3.05) is 10.0 Å². The molecule has 1 amide bonds. The highest BCUT2D eigenvalue weighted by Crippen LogP contribution is 2.27. The highest BCUT2D eigenvalue weighted by Gasteiger charge is 2.19. The first-order chi connectivity index (χ1) is 15.9. The minimum atomic E-state index is -3.92. The van der Waals surface area contributed by atoms with Gasteiger partial charge in [-0.25, -0.2) is 13.4 Å². The molecule has 164 valence electrons. The Labute approximate surface area is 199 Å². The number of hydrogen-bond acceptors (Lipinski definition) is 6. The first-order valence-corrected chi connectivity index (χ1v) is 12.2. The molecule has 0 fully saturated rings. The number of para-hydroxylation sites is 1. The number of aromatic nitrogens is 1. The van der Waals surface area contributed by atoms with E-state index >= 15 is 0 Å². The largest absolute Gasteiger partial charge is 0.298 e. The Bertz CT molecular complexity index is 1460. The molecule has 0 aliphatic rings. The number of carbonyl (C=O) groups is 1. The van der Waals surface area contributed by atoms with Crippen molar-refractivity contribution in [3.8, 4) is 17.3 Å². The zero-order chi connectivity index (χ0) is 23.4. The number of thiazole rings is 1. The molecule has 1 aromatic heterocycles. The van der Waals surface area contributed by atoms with Crippen LogP contribution in [0.1, 0.15) is 15.9 Å². The third-order valence-electron chi connectivity index (χ3n) is 4.57. The number of anilines is 2. The molecule has 10 heteroatoms. The highest BCUT2D eigenvalue weighted by molar-refractivity contribution is 7.92. The molecule has 0 bridgehead atoms. The van der Waals surface area contributed by atoms with Gasteiger partial charge in [0.1, 0.15) is 0 Å². The van der Waals surface area contributed by atoms with Crippen LogP contribution in [-0.4, -0.2) is 19.3 Å². The molecule has 0 radical (unpaired) electrons. The van der Waals surface area contributed by atoms with Crippen LogP contribution in [0.25, 0.3) is 11.3 Å². The first kappa shape index (κ1) is 22.5. The molecule has 0 aliphatic heterocycles. The number of hydrogen-bond donors (Lipinski definition) is 2. The van der Waals surface area contributed by atoms with Gasteiger partial charge in [0, 0.05) is 16.0 Å². The van der Waals surface area contributed by atoms with Crippen LogP contribution in [0.5, 0.6) is 0 Å². The maximum absolute atomic E-state index is 12.9. The van der Waals surface area contributed by atoms with Gasteiger partial charge in [-0.1, -0.05) is 35.9 Å². The molecule has 0 saturated carbocycles. The average Bonchev–Trinajstić information content (AvgIpc) is 3.28. The first-order valence-electron chi connectivity index (χ1n) is 9.50. The number of benzene rings is 3. The molecule has 0 unspecified atom stereocenters. The molecule has 7 nitrogen and oxygen atoms in total. The second-order valence-electron chi connectivity index (χ2n) is 6.79. The summed E-state index contributed by atoms with van der Waals surface area (Å²) in [6.07, 6.45) is 0. The van der Waals surface area contributed by atoms with Crippen molar-refractivity contribution < 1.29 is 13.2 Å². The SMILES string of the molecule is N#Cc1ccc(-c2csc(NC(=O)c3ccccc3NS(=O)(=O)c3ccc(Cl)cc3)n2)cc1. The van der Waals surface area contributed by atoms with E-state index in [1.807, 2.05) is 0 Å². The van der Waals surface area contributed by atoms with Gasteiger partial charge in [-0.2, -0.15) is 5.26 Å². The molecule has 3 aromatic carbocycles. The number of carbonyl (C=O) groups excluding carboxylic acids is 1. The third kappa shape index (κ3) is 5.21. The monoisotopic (exact) mass is 494 g/mol. The van der Waals surface area contributed by atoms with Gasteiger partial charge in [-0.3, -0.25) is 14.8 Å². The number of nitriles is 1. The Morgan fingerprint density at radius 3 is 2.39 bits per heavy atom. The topological polar surface area (TPSA) is 112 Å². The molecule has 4 rings (SSSR count). The second kappa shape index (κ2) is 9.42. The van der Waals surface area contributed by atoms with Gasteiger partial charge in [0.2, 0.25) is 0 Å². The molecular formula is C23H15ClN4O3S2. The van der Waals surface area contributed by atoms with Gasteiger partial charge in [0.25, 0.3) is 15.9 Å². The summed E-state index contributed by atoms with van der Waals surface area (Å²) in [5.74, 6) is -0.509. The Hall–Kier alpha value is -3.71. The summed E-state index contributed by atoms with van der Waals surface area (Å²) < 4.78 is 27.9. The van der Waals surface area contributed by atoms with Crippen molar-refractivity contribution in [2.24, 2.45) is 0 Å². The van der Waals surface area contributed by atoms with Gasteiger partial charge >= 0.3 is 0 Å². The van der Waals surface area contributed by atoms with Crippen LogP contribution < -0.4 is 10.0 Å². The van der Waals surface area contributed by atoms with E-state index in [9.17, 15) is 13.2 Å². The molecule has 0 atom stereocenters. The zero-order valence-electron chi connectivity index (χ0n) is 16.8. The fourth-order valence-corrected chi connectivity index (χ4v) is 4.85. The lowest BCUT2D eigenvalue weighted by Crippen LogP contribution is -2.18. The minimum Gasteiger partial charge on any atom is -0.298 e. The van der Waals surface area contributed by atoms with E-state index < -0.39 is 15.9 Å². The summed E-state index contributed by atoms with van der Waals surface area (Å²) in [6, 6.07) is 21.0. The lowest BCUT2D eigenvalue weighted by Gasteiger charge is -2.12. The van der Waals surface area contributed by atoms with Crippen LogP contribution in [0.4, 0.5) is 10.8 Å². The van der Waals surface area contributed by atoms with Crippen LogP contribution in [-0.2, 0) is 10.0 Å². The maximum Gasteiger partial charge on any atom is 0.261 e. The van der Waals surface area contributed by atoms with E-state index in [0.29, 0.717) is 21.4 Å². The van der Waals surface area contributed by atoms with Gasteiger partial charge in [-0.05, 0) is 48.5 Å². The van der Waals surface area contributed by atoms with Gasteiger partial charge < -0.3 is 0 Å². The summed E-state index contributed by atoms with van der Waals surface area (Å²) in [5, 5.41) is 14.2. The summed E-state index contributed by atoms with van der Waals surface area (Å²) in [4.78, 5) is 17.3. The lowest BCUT2D eigenvalue weighted by atomic mass is 10.1. The Morgan fingerprint density at radius 1 is 1.00 bits per heavy atom. The summed E-state index contributed by atoms with van der Waals surface area (Å²) >= 11 is 7.07. The van der Waals surface area contributed by atoms with Crippen LogP contribution in [0, 0.1) is 11.3 Å². The third-order valence-corrected chi connectivity index (χ3v) is 6.97. The summed E-state index contributed by atoms with van der Waals surface area (Å²) in [6.45, 7) is 0. The van der Waals surface area contributed by atoms with Crippen molar-refractivity contribution in [1.29, 1.82) is 5.26 Å². The molecule has 0 aliphatic carbocycles. The van der Waals surface area contributed by atoms with Crippen molar-refractivity contribution in [3.63, 3.8) is 0 Å². The lowest BCUT2D eigenvalue weighted by molar-refractivity contribution is 0.102. The van der Waals surface area contributed by atoms with E-state index in [4.69, 9.17) is 16.9 Å². The molecule has 1 heterocycles. The van der Waals surface area contributed by atoms with Crippen LogP contribution in [0.3, 0.4) is 0 Å². The smallest absolute Gasteiger partial charge is 0.261 e. The fraction of sp³-hybridized carbons (Fsp3) is 0. The van der Waals surface area contributed by atoms with Crippen molar-refractivity contribution in [1.82, 2.24) is 4.98 Å². The summed E-state index contributed by atoms with van der Waals surface area (Å²) in [5.41, 5.74) is 2.28. The van der Waals surface area contributed by atoms with E-state index in [-0.39, 0.29) is 16.1 Å². The molecule has 0 saturated heterocycles. The van der Waals surface area contributed by atoms with Crippen molar-refractivity contribution in [2.45, 2.75) is 4.90 Å². The second-order valence-corrected chi connectivity index (χ2v) is 9.76.